The Morgan fingerprint density at radius 2 is 2.12 bits per heavy atom. The summed E-state index contributed by atoms with van der Waals surface area (Å²) in [6.07, 6.45) is 8.57. The number of H-pyrrole nitrogens is 1. The molecular formula is C17H21N7O. The molecule has 5 rings (SSSR count). The molecule has 1 saturated heterocycles. The summed E-state index contributed by atoms with van der Waals surface area (Å²) in [5.41, 5.74) is 2.87. The van der Waals surface area contributed by atoms with Crippen LogP contribution in [0.5, 0.6) is 0 Å². The van der Waals surface area contributed by atoms with E-state index in [-0.39, 0.29) is 12.0 Å². The highest BCUT2D eigenvalue weighted by Gasteiger charge is 2.37. The Morgan fingerprint density at radius 1 is 1.24 bits per heavy atom. The fourth-order valence-electron chi connectivity index (χ4n) is 3.96. The Bertz CT molecular complexity index is 872. The first-order chi connectivity index (χ1) is 12.3. The van der Waals surface area contributed by atoms with Crippen LogP contribution in [0.1, 0.15) is 30.9 Å². The van der Waals surface area contributed by atoms with Gasteiger partial charge in [0.25, 0.3) is 0 Å². The number of nitrogens with zero attached hydrogens (tertiary/aromatic N) is 6. The molecule has 0 spiro atoms. The molecule has 2 aliphatic rings. The molecule has 25 heavy (non-hydrogen) atoms. The molecule has 1 aliphatic carbocycles. The van der Waals surface area contributed by atoms with Gasteiger partial charge in [-0.1, -0.05) is 6.42 Å². The van der Waals surface area contributed by atoms with Crippen molar-refractivity contribution in [1.29, 1.82) is 0 Å². The summed E-state index contributed by atoms with van der Waals surface area (Å²) < 4.78 is 2.07. The maximum absolute atomic E-state index is 9.73. The molecule has 0 bridgehead atoms. The van der Waals surface area contributed by atoms with Crippen LogP contribution in [0.2, 0.25) is 0 Å². The second kappa shape index (κ2) is 5.52. The topological polar surface area (TPSA) is 95.8 Å². The Balaban J connectivity index is 1.40. The number of imidazole rings is 1. The number of fused-ring (bicyclic) bond motifs is 1. The first kappa shape index (κ1) is 14.8. The number of nitrogens with one attached hydrogen (secondary N) is 1. The van der Waals surface area contributed by atoms with Gasteiger partial charge in [-0.05, 0) is 18.9 Å². The predicted octanol–water partition coefficient (Wildman–Crippen LogP) is 1.32. The molecule has 2 fully saturated rings. The summed E-state index contributed by atoms with van der Waals surface area (Å²) in [6.45, 7) is 2.80. The van der Waals surface area contributed by atoms with E-state index in [2.05, 4.69) is 34.6 Å². The predicted molar refractivity (Wildman–Crippen MR) is 92.2 cm³/mol. The van der Waals surface area contributed by atoms with Crippen molar-refractivity contribution in [2.45, 2.75) is 31.7 Å². The summed E-state index contributed by atoms with van der Waals surface area (Å²) in [7, 11) is 0. The van der Waals surface area contributed by atoms with Crippen LogP contribution in [0.15, 0.2) is 24.9 Å². The van der Waals surface area contributed by atoms with Crippen molar-refractivity contribution in [2.24, 2.45) is 5.41 Å². The molecule has 1 aliphatic heterocycles. The fourth-order valence-corrected chi connectivity index (χ4v) is 3.96. The first-order valence-corrected chi connectivity index (χ1v) is 8.79. The molecule has 2 N–H and O–H groups in total. The minimum Gasteiger partial charge on any atom is -0.396 e. The Morgan fingerprint density at radius 3 is 2.80 bits per heavy atom. The first-order valence-electron chi connectivity index (χ1n) is 8.79. The molecule has 3 aromatic rings. The van der Waals surface area contributed by atoms with Gasteiger partial charge < -0.3 is 14.6 Å². The number of hydrogen-bond donors (Lipinski definition) is 2. The van der Waals surface area contributed by atoms with Crippen LogP contribution in [0.3, 0.4) is 0 Å². The van der Waals surface area contributed by atoms with Gasteiger partial charge in [-0.15, -0.1) is 0 Å². The summed E-state index contributed by atoms with van der Waals surface area (Å²) in [5, 5.41) is 16.8. The molecular weight excluding hydrogens is 318 g/mol. The van der Waals surface area contributed by atoms with Gasteiger partial charge >= 0.3 is 0 Å². The van der Waals surface area contributed by atoms with Crippen molar-refractivity contribution in [2.75, 3.05) is 24.6 Å². The zero-order chi connectivity index (χ0) is 16.9. The minimum absolute atomic E-state index is 0.00120. The lowest BCUT2D eigenvalue weighted by Crippen LogP contribution is -2.45. The maximum Gasteiger partial charge on any atom is 0.165 e. The van der Waals surface area contributed by atoms with E-state index in [9.17, 15) is 5.11 Å². The number of aliphatic hydroxyl groups is 1. The Kier molecular flexibility index (Phi) is 3.27. The molecule has 130 valence electrons. The molecule has 3 aromatic heterocycles. The number of aromatic nitrogens is 6. The quantitative estimate of drug-likeness (QED) is 0.728. The molecule has 1 saturated carbocycles. The van der Waals surface area contributed by atoms with Crippen LogP contribution in [0.4, 0.5) is 5.82 Å². The zero-order valence-corrected chi connectivity index (χ0v) is 14.0. The minimum atomic E-state index is 0.00120. The van der Waals surface area contributed by atoms with Crippen molar-refractivity contribution in [3.8, 4) is 0 Å². The van der Waals surface area contributed by atoms with E-state index in [0.717, 1.165) is 49.5 Å². The summed E-state index contributed by atoms with van der Waals surface area (Å²) >= 11 is 0. The highest BCUT2D eigenvalue weighted by molar-refractivity contribution is 5.83. The molecule has 0 radical (unpaired) electrons. The molecule has 8 nitrogen and oxygen atoms in total. The van der Waals surface area contributed by atoms with Crippen LogP contribution in [-0.2, 0) is 6.54 Å². The van der Waals surface area contributed by atoms with E-state index in [4.69, 9.17) is 0 Å². The highest BCUT2D eigenvalue weighted by Crippen LogP contribution is 2.42. The van der Waals surface area contributed by atoms with Crippen LogP contribution in [0, 0.1) is 5.41 Å². The molecule has 0 amide bonds. The number of aromatic amines is 1. The van der Waals surface area contributed by atoms with E-state index >= 15 is 0 Å². The number of anilines is 1. The van der Waals surface area contributed by atoms with Crippen molar-refractivity contribution >= 4 is 17.0 Å². The molecule has 0 atom stereocenters. The monoisotopic (exact) mass is 339 g/mol. The van der Waals surface area contributed by atoms with Crippen LogP contribution >= 0.6 is 0 Å². The average molecular weight is 339 g/mol. The van der Waals surface area contributed by atoms with Gasteiger partial charge in [0, 0.05) is 42.9 Å². The SMILES string of the molecule is OCC1(Cn2cnc3c(N4CC(c5ccn[nH]5)C4)ncnc32)CCC1. The van der Waals surface area contributed by atoms with E-state index in [1.807, 2.05) is 12.4 Å². The summed E-state index contributed by atoms with van der Waals surface area (Å²) in [5.74, 6) is 1.36. The lowest BCUT2D eigenvalue weighted by molar-refractivity contribution is 0.0285. The smallest absolute Gasteiger partial charge is 0.165 e. The molecule has 0 unspecified atom stereocenters. The lowest BCUT2D eigenvalue weighted by Gasteiger charge is -2.40. The van der Waals surface area contributed by atoms with Crippen LogP contribution < -0.4 is 4.90 Å². The van der Waals surface area contributed by atoms with E-state index < -0.39 is 0 Å². The van der Waals surface area contributed by atoms with Crippen molar-refractivity contribution < 1.29 is 5.11 Å². The number of hydrogen-bond acceptors (Lipinski definition) is 6. The van der Waals surface area contributed by atoms with Crippen molar-refractivity contribution in [3.63, 3.8) is 0 Å². The fraction of sp³-hybridized carbons (Fsp3) is 0.529. The van der Waals surface area contributed by atoms with E-state index in [1.54, 1.807) is 12.5 Å². The van der Waals surface area contributed by atoms with Gasteiger partial charge in [0.15, 0.2) is 17.0 Å². The third kappa shape index (κ3) is 2.31. The van der Waals surface area contributed by atoms with Crippen LogP contribution in [-0.4, -0.2) is 54.5 Å². The molecule has 4 heterocycles. The molecule has 0 aromatic carbocycles. The number of aliphatic hydroxyl groups excluding tert-OH is 1. The van der Waals surface area contributed by atoms with Gasteiger partial charge in [0.05, 0.1) is 12.9 Å². The number of rotatable bonds is 5. The second-order valence-electron chi connectivity index (χ2n) is 7.37. The second-order valence-corrected chi connectivity index (χ2v) is 7.37. The molecule has 8 heteroatoms. The Labute approximate surface area is 144 Å². The third-order valence-corrected chi connectivity index (χ3v) is 5.78. The van der Waals surface area contributed by atoms with E-state index in [1.165, 1.54) is 12.1 Å². The van der Waals surface area contributed by atoms with Gasteiger partial charge in [-0.2, -0.15) is 5.10 Å². The van der Waals surface area contributed by atoms with E-state index in [0.29, 0.717) is 5.92 Å². The van der Waals surface area contributed by atoms with Gasteiger partial charge in [0.1, 0.15) is 6.33 Å². The Hall–Kier alpha value is -2.48. The van der Waals surface area contributed by atoms with Gasteiger partial charge in [-0.25, -0.2) is 15.0 Å². The normalized spacial score (nSPS) is 19.8. The lowest BCUT2D eigenvalue weighted by atomic mass is 9.69. The largest absolute Gasteiger partial charge is 0.396 e. The van der Waals surface area contributed by atoms with Gasteiger partial charge in [-0.3, -0.25) is 5.10 Å². The van der Waals surface area contributed by atoms with Crippen molar-refractivity contribution in [3.05, 3.63) is 30.6 Å². The zero-order valence-electron chi connectivity index (χ0n) is 14.0. The standard InChI is InChI=1S/C17H21N7O/c25-9-17(3-1-4-17)8-24-11-20-14-15(18-10-19-16(14)24)23-6-12(7-23)13-2-5-21-22-13/h2,5,10-12,25H,1,3-4,6-9H2,(H,21,22). The maximum atomic E-state index is 9.73. The summed E-state index contributed by atoms with van der Waals surface area (Å²) in [4.78, 5) is 15.7. The van der Waals surface area contributed by atoms with Crippen LogP contribution in [0.25, 0.3) is 11.2 Å². The van der Waals surface area contributed by atoms with Crippen molar-refractivity contribution in [1.82, 2.24) is 29.7 Å². The summed E-state index contributed by atoms with van der Waals surface area (Å²) in [6, 6.07) is 2.03. The third-order valence-electron chi connectivity index (χ3n) is 5.78. The van der Waals surface area contributed by atoms with Gasteiger partial charge in [0.2, 0.25) is 0 Å². The highest BCUT2D eigenvalue weighted by atomic mass is 16.3. The average Bonchev–Trinajstić information content (AvgIpc) is 3.20.